The first-order valence-corrected chi connectivity index (χ1v) is 51.6. The molecule has 0 aliphatic carbocycles. The molecular formula is C137H186. The van der Waals surface area contributed by atoms with Gasteiger partial charge in [-0.05, 0) is 131 Å². The van der Waals surface area contributed by atoms with Gasteiger partial charge in [-0.3, -0.25) is 0 Å². The maximum Gasteiger partial charge on any atom is -0.00271 e. The van der Waals surface area contributed by atoms with E-state index in [0.717, 1.165) is 0 Å². The van der Waals surface area contributed by atoms with Crippen LogP contribution in [-0.4, -0.2) is 0 Å². The minimum absolute atomic E-state index is 1.28. The fraction of sp³-hybridized carbons (Fsp3) is 0.255. The summed E-state index contributed by atoms with van der Waals surface area (Å²) in [5, 5.41) is 18.5. The van der Waals surface area contributed by atoms with Crippen molar-refractivity contribution in [1.29, 1.82) is 0 Å². The number of rotatable bonds is 2. The first-order valence-electron chi connectivity index (χ1n) is 51.6. The minimum Gasteiger partial charge on any atom is -0.107 e. The molecule has 0 spiro atoms. The van der Waals surface area contributed by atoms with E-state index in [1.165, 1.54) is 103 Å². The zero-order chi connectivity index (χ0) is 105. The van der Waals surface area contributed by atoms with Crippen molar-refractivity contribution in [1.82, 2.24) is 0 Å². The molecule has 0 amide bonds. The van der Waals surface area contributed by atoms with Crippen LogP contribution in [0.4, 0.5) is 0 Å². The Bertz CT molecular complexity index is 4820. The van der Waals surface area contributed by atoms with E-state index < -0.39 is 0 Å². The van der Waals surface area contributed by atoms with E-state index >= 15 is 0 Å². The summed E-state index contributed by atoms with van der Waals surface area (Å²) in [6.07, 6.45) is 0. The third kappa shape index (κ3) is 66.6. The molecule has 0 heterocycles. The van der Waals surface area contributed by atoms with E-state index in [0.29, 0.717) is 0 Å². The number of hydrogen-bond acceptors (Lipinski definition) is 0. The maximum atomic E-state index is 2.68. The Labute approximate surface area is 842 Å². The predicted molar refractivity (Wildman–Crippen MR) is 643 cm³/mol. The Morgan fingerprint density at radius 3 is 0.350 bits per heavy atom. The van der Waals surface area contributed by atoms with Crippen LogP contribution in [-0.2, 0) is 0 Å². The SMILES string of the molecule is CC.CC.CC.CC.CC.CC.CC.CC.CC.CC.CC.CC.CC.CC.CC.CC.CC#CC.Cc1ccccc1.c1ccc(-c2ccccc2)cc1.c1ccc(-c2ccccc2)cc1.c1ccc2c(c1)ccc1ccccc12.c1ccc2c(c1)ccc1ccccc12.c1ccc2cc3ccccc3cc2c1.c1ccc2ccccc2c1.c1ccccc1.c1ccccc1.c1ccccc1. The lowest BCUT2D eigenvalue weighted by Gasteiger charge is -2.02. The van der Waals surface area contributed by atoms with Gasteiger partial charge in [0.2, 0.25) is 0 Å². The van der Waals surface area contributed by atoms with Crippen molar-refractivity contribution in [2.24, 2.45) is 0 Å². The average molecular weight is 1830 g/mol. The lowest BCUT2D eigenvalue weighted by atomic mass is 10.0. The van der Waals surface area contributed by atoms with Crippen LogP contribution in [0.15, 0.2) is 491 Å². The normalized spacial score (nSPS) is 8.05. The third-order valence-electron chi connectivity index (χ3n) is 16.5. The Morgan fingerprint density at radius 1 is 0.109 bits per heavy atom. The topological polar surface area (TPSA) is 0 Å². The van der Waals surface area contributed by atoms with Gasteiger partial charge in [-0.1, -0.05) is 706 Å². The first-order chi connectivity index (χ1) is 68.0. The van der Waals surface area contributed by atoms with Crippen LogP contribution in [0.1, 0.15) is 241 Å². The second-order valence-electron chi connectivity index (χ2n) is 24.0. The van der Waals surface area contributed by atoms with Crippen molar-refractivity contribution in [3.05, 3.63) is 497 Å². The maximum absolute atomic E-state index is 2.68. The van der Waals surface area contributed by atoms with Gasteiger partial charge in [0, 0.05) is 0 Å². The highest BCUT2D eigenvalue weighted by Crippen LogP contribution is 2.27. The summed E-state index contributed by atoms with van der Waals surface area (Å²) < 4.78 is 0. The quantitative estimate of drug-likeness (QED) is 0.0919. The molecule has 0 aromatic heterocycles. The fourth-order valence-corrected chi connectivity index (χ4v) is 11.1. The number of hydrogen-bond donors (Lipinski definition) is 0. The lowest BCUT2D eigenvalue weighted by molar-refractivity contribution is 1.48. The Balaban J connectivity index is -0.000000219. The summed E-state index contributed by atoms with van der Waals surface area (Å²) in [6.45, 7) is 69.7. The van der Waals surface area contributed by atoms with Gasteiger partial charge in [-0.2, -0.15) is 0 Å². The van der Waals surface area contributed by atoms with Gasteiger partial charge in [0.25, 0.3) is 0 Å². The molecule has 19 aromatic rings. The monoisotopic (exact) mass is 1830 g/mol. The first kappa shape index (κ1) is 139. The molecule has 0 fully saturated rings. The summed E-state index contributed by atoms with van der Waals surface area (Å²) in [7, 11) is 0. The molecule has 0 nitrogen and oxygen atoms in total. The Kier molecular flexibility index (Phi) is 115. The second kappa shape index (κ2) is 113. The molecule has 137 heavy (non-hydrogen) atoms. The van der Waals surface area contributed by atoms with Crippen LogP contribution in [0.3, 0.4) is 0 Å². The molecule has 19 rings (SSSR count). The van der Waals surface area contributed by atoms with Gasteiger partial charge >= 0.3 is 0 Å². The molecule has 0 atom stereocenters. The Morgan fingerprint density at radius 2 is 0.219 bits per heavy atom. The van der Waals surface area contributed by atoms with Crippen molar-refractivity contribution in [2.45, 2.75) is 242 Å². The van der Waals surface area contributed by atoms with Crippen LogP contribution in [0.2, 0.25) is 0 Å². The van der Waals surface area contributed by atoms with E-state index in [4.69, 9.17) is 0 Å². The molecule has 734 valence electrons. The second-order valence-corrected chi connectivity index (χ2v) is 24.0. The van der Waals surface area contributed by atoms with Crippen LogP contribution in [0.25, 0.3) is 97.7 Å². The summed E-state index contributed by atoms with van der Waals surface area (Å²) >= 11 is 0. The van der Waals surface area contributed by atoms with Gasteiger partial charge in [0.1, 0.15) is 0 Å². The molecule has 0 saturated carbocycles. The number of fused-ring (bicyclic) bond motifs is 9. The van der Waals surface area contributed by atoms with Crippen LogP contribution < -0.4 is 0 Å². The molecular weight excluding hydrogens is 1650 g/mol. The van der Waals surface area contributed by atoms with Crippen molar-refractivity contribution in [2.75, 3.05) is 0 Å². The van der Waals surface area contributed by atoms with Crippen LogP contribution in [0, 0.1) is 18.8 Å². The zero-order valence-corrected chi connectivity index (χ0v) is 92.3. The Hall–Kier alpha value is -13.4. The number of aryl methyl sites for hydroxylation is 1. The molecule has 0 saturated heterocycles. The van der Waals surface area contributed by atoms with Gasteiger partial charge in [0.15, 0.2) is 0 Å². The predicted octanol–water partition coefficient (Wildman–Crippen LogP) is 46.0. The van der Waals surface area contributed by atoms with Gasteiger partial charge in [-0.15, -0.1) is 11.8 Å². The van der Waals surface area contributed by atoms with E-state index in [-0.39, 0.29) is 0 Å². The molecule has 0 unspecified atom stereocenters. The molecule has 0 radical (unpaired) electrons. The van der Waals surface area contributed by atoms with Crippen molar-refractivity contribution < 1.29 is 0 Å². The third-order valence-corrected chi connectivity index (χ3v) is 16.5. The van der Waals surface area contributed by atoms with Gasteiger partial charge in [-0.25, -0.2) is 0 Å². The minimum atomic E-state index is 1.28. The zero-order valence-electron chi connectivity index (χ0n) is 92.3. The van der Waals surface area contributed by atoms with Crippen molar-refractivity contribution in [3.63, 3.8) is 0 Å². The van der Waals surface area contributed by atoms with Crippen molar-refractivity contribution in [3.8, 4) is 34.1 Å². The van der Waals surface area contributed by atoms with E-state index in [1.807, 2.05) is 387 Å². The van der Waals surface area contributed by atoms with E-state index in [2.05, 4.69) is 358 Å². The summed E-state index contributed by atoms with van der Waals surface area (Å²) in [5.41, 5.74) is 6.43. The molecule has 19 aromatic carbocycles. The molecule has 0 aliphatic heterocycles. The molecule has 0 aliphatic rings. The summed E-state index contributed by atoms with van der Waals surface area (Å²) in [6, 6.07) is 169. The molecule has 0 heteroatoms. The highest BCUT2D eigenvalue weighted by molar-refractivity contribution is 6.08. The van der Waals surface area contributed by atoms with Crippen molar-refractivity contribution >= 4 is 75.4 Å². The summed E-state index contributed by atoms with van der Waals surface area (Å²) in [5.74, 6) is 5.36. The smallest absolute Gasteiger partial charge is 0.00271 e. The van der Waals surface area contributed by atoms with Crippen LogP contribution >= 0.6 is 0 Å². The fourth-order valence-electron chi connectivity index (χ4n) is 11.1. The largest absolute Gasteiger partial charge is 0.107 e. The van der Waals surface area contributed by atoms with Gasteiger partial charge < -0.3 is 0 Å². The van der Waals surface area contributed by atoms with Gasteiger partial charge in [0.05, 0.1) is 0 Å². The highest BCUT2D eigenvalue weighted by atomic mass is 14.1. The van der Waals surface area contributed by atoms with Crippen LogP contribution in [0.5, 0.6) is 0 Å². The van der Waals surface area contributed by atoms with E-state index in [1.54, 1.807) is 0 Å². The summed E-state index contributed by atoms with van der Waals surface area (Å²) in [4.78, 5) is 0. The standard InChI is InChI=1S/3C14H10.2C12H10.C10H8.C7H8.3C6H6.C4H6.16C2H6/c2*1-3-7-13-11(5-1)9-10-12-6-2-4-8-14(12)13;1-2-6-12-10-14-8-4-3-7-13(14)9-11(12)5-1;2*1-3-7-11(8-4-1)12-9-5-2-6-10-12;1-2-6-10-8-4-3-7-9(10)5-1;1-7-5-3-2-4-6-7;3*1-2-4-6-5-3-1;1-3-4-2;16*1-2/h3*1-10H;2*1-10H;1-8H;2-6H,1H3;3*1-6H;1-2H3;16*1-2H3. The highest BCUT2D eigenvalue weighted by Gasteiger charge is 2.01. The average Bonchev–Trinajstić information content (AvgIpc) is 0.813. The lowest BCUT2D eigenvalue weighted by Crippen LogP contribution is -1.75. The molecule has 0 N–H and O–H groups in total. The number of benzene rings is 19. The molecule has 0 bridgehead atoms. The van der Waals surface area contributed by atoms with E-state index in [9.17, 15) is 0 Å².